The van der Waals surface area contributed by atoms with Crippen molar-refractivity contribution in [3.05, 3.63) is 48.2 Å². The van der Waals surface area contributed by atoms with Crippen LogP contribution >= 0.6 is 0 Å². The summed E-state index contributed by atoms with van der Waals surface area (Å²) in [5, 5.41) is 0. The molecule has 0 bridgehead atoms. The van der Waals surface area contributed by atoms with Crippen LogP contribution in [0.2, 0.25) is 0 Å². The molecule has 1 aromatic heterocycles. The van der Waals surface area contributed by atoms with Crippen LogP contribution in [0.4, 0.5) is 0 Å². The lowest BCUT2D eigenvalue weighted by Gasteiger charge is -2.28. The predicted octanol–water partition coefficient (Wildman–Crippen LogP) is 10.4. The molecule has 2 nitrogen and oxygen atoms in total. The molecule has 0 saturated heterocycles. The molecule has 0 N–H and O–H groups in total. The van der Waals surface area contributed by atoms with E-state index in [1.807, 2.05) is 0 Å². The van der Waals surface area contributed by atoms with Gasteiger partial charge in [-0.2, -0.15) is 0 Å². The fourth-order valence-electron chi connectivity index (χ4n) is 5.72. The van der Waals surface area contributed by atoms with Gasteiger partial charge in [0.25, 0.3) is 0 Å². The number of nitrogens with zero attached hydrogens (tertiary/aromatic N) is 1. The first-order valence-corrected chi connectivity index (χ1v) is 15.4. The third-order valence-corrected chi connectivity index (χ3v) is 8.54. The van der Waals surface area contributed by atoms with Gasteiger partial charge < -0.3 is 4.74 Å². The largest absolute Gasteiger partial charge is 0.494 e. The molecule has 0 spiro atoms. The van der Waals surface area contributed by atoms with Gasteiger partial charge >= 0.3 is 0 Å². The predicted molar refractivity (Wildman–Crippen MR) is 156 cm³/mol. The van der Waals surface area contributed by atoms with Crippen LogP contribution in [-0.2, 0) is 6.42 Å². The van der Waals surface area contributed by atoms with E-state index in [1.54, 1.807) is 0 Å². The van der Waals surface area contributed by atoms with E-state index in [2.05, 4.69) is 63.4 Å². The molecule has 1 saturated carbocycles. The van der Waals surface area contributed by atoms with Gasteiger partial charge in [0.05, 0.1) is 12.3 Å². The monoisotopic (exact) mass is 491 g/mol. The average Bonchev–Trinajstić information content (AvgIpc) is 2.92. The zero-order valence-electron chi connectivity index (χ0n) is 23.6. The fraction of sp³-hybridized carbons (Fsp3) is 0.676. The van der Waals surface area contributed by atoms with Gasteiger partial charge in [0.15, 0.2) is 0 Å². The number of hydrogen-bond acceptors (Lipinski definition) is 2. The Labute approximate surface area is 222 Å². The van der Waals surface area contributed by atoms with Crippen LogP contribution < -0.4 is 4.74 Å². The molecule has 1 heterocycles. The maximum Gasteiger partial charge on any atom is 0.119 e. The summed E-state index contributed by atoms with van der Waals surface area (Å²) in [6.07, 6.45) is 23.8. The fourth-order valence-corrected chi connectivity index (χ4v) is 5.72. The molecule has 0 unspecified atom stereocenters. The quantitative estimate of drug-likeness (QED) is 0.205. The second-order valence-electron chi connectivity index (χ2n) is 11.6. The molecule has 36 heavy (non-hydrogen) atoms. The van der Waals surface area contributed by atoms with Gasteiger partial charge in [-0.3, -0.25) is 4.98 Å². The lowest BCUT2D eigenvalue weighted by molar-refractivity contribution is 0.228. The highest BCUT2D eigenvalue weighted by atomic mass is 16.5. The summed E-state index contributed by atoms with van der Waals surface area (Å²) < 4.78 is 6.06. The summed E-state index contributed by atoms with van der Waals surface area (Å²) >= 11 is 0. The van der Waals surface area contributed by atoms with Gasteiger partial charge in [0, 0.05) is 11.8 Å². The molecule has 2 aromatic rings. The van der Waals surface area contributed by atoms with Crippen LogP contribution in [0.5, 0.6) is 5.75 Å². The molecule has 1 aromatic carbocycles. The van der Waals surface area contributed by atoms with E-state index in [0.29, 0.717) is 0 Å². The Bertz CT molecular complexity index is 804. The zero-order valence-corrected chi connectivity index (χ0v) is 23.6. The Balaban J connectivity index is 1.29. The molecule has 0 radical (unpaired) electrons. The molecule has 0 aliphatic heterocycles. The second-order valence-corrected chi connectivity index (χ2v) is 11.6. The van der Waals surface area contributed by atoms with E-state index < -0.39 is 0 Å². The minimum atomic E-state index is 0.833. The Kier molecular flexibility index (Phi) is 13.4. The van der Waals surface area contributed by atoms with Crippen molar-refractivity contribution in [2.75, 3.05) is 6.61 Å². The minimum Gasteiger partial charge on any atom is -0.494 e. The molecule has 1 aliphatic rings. The number of hydrogen-bond donors (Lipinski definition) is 0. The summed E-state index contributed by atoms with van der Waals surface area (Å²) in [5.74, 6) is 3.79. The molecule has 1 atom stereocenters. The Morgan fingerprint density at radius 2 is 1.53 bits per heavy atom. The van der Waals surface area contributed by atoms with E-state index in [0.717, 1.165) is 47.8 Å². The third-order valence-electron chi connectivity index (χ3n) is 8.54. The highest BCUT2D eigenvalue weighted by molar-refractivity contribution is 5.60. The highest BCUT2D eigenvalue weighted by Crippen LogP contribution is 2.34. The summed E-state index contributed by atoms with van der Waals surface area (Å²) in [4.78, 5) is 4.73. The van der Waals surface area contributed by atoms with E-state index in [1.165, 1.54) is 102 Å². The van der Waals surface area contributed by atoms with Crippen molar-refractivity contribution in [2.45, 2.75) is 124 Å². The minimum absolute atomic E-state index is 0.833. The standard InChI is InChI=1S/C34H53NO/c1-4-6-8-13-29-16-18-30(19-17-29)15-11-26-36-33-23-21-32(22-24-33)34-25-20-31(27-35-34)14-10-7-9-12-28(3)5-2/h20-25,27-30H,4-19,26H2,1-3H3/t28-,29?,30?/m0/s1. The normalized spacial score (nSPS) is 18.8. The maximum absolute atomic E-state index is 6.06. The highest BCUT2D eigenvalue weighted by Gasteiger charge is 2.20. The van der Waals surface area contributed by atoms with Crippen LogP contribution in [0, 0.1) is 17.8 Å². The van der Waals surface area contributed by atoms with Gasteiger partial charge in [-0.1, -0.05) is 104 Å². The van der Waals surface area contributed by atoms with Gasteiger partial charge in [-0.05, 0) is 79.3 Å². The van der Waals surface area contributed by atoms with Crippen molar-refractivity contribution in [1.29, 1.82) is 0 Å². The van der Waals surface area contributed by atoms with Crippen LogP contribution in [0.3, 0.4) is 0 Å². The number of aromatic nitrogens is 1. The van der Waals surface area contributed by atoms with E-state index >= 15 is 0 Å². The SMILES string of the molecule is CCCCCC1CCC(CCCOc2ccc(-c3ccc(CCCCC[C@@H](C)CC)cn3)cc2)CC1. The lowest BCUT2D eigenvalue weighted by Crippen LogP contribution is -2.15. The maximum atomic E-state index is 6.06. The van der Waals surface area contributed by atoms with Crippen LogP contribution in [0.15, 0.2) is 42.6 Å². The van der Waals surface area contributed by atoms with E-state index in [4.69, 9.17) is 9.72 Å². The van der Waals surface area contributed by atoms with Gasteiger partial charge in [0.1, 0.15) is 5.75 Å². The Hall–Kier alpha value is -1.83. The third kappa shape index (κ3) is 10.7. The lowest BCUT2D eigenvalue weighted by atomic mass is 9.78. The number of ether oxygens (including phenoxy) is 1. The van der Waals surface area contributed by atoms with Gasteiger partial charge in [-0.25, -0.2) is 0 Å². The molecular weight excluding hydrogens is 438 g/mol. The Morgan fingerprint density at radius 3 is 2.17 bits per heavy atom. The smallest absolute Gasteiger partial charge is 0.119 e. The first-order chi connectivity index (χ1) is 17.7. The van der Waals surface area contributed by atoms with Crippen molar-refractivity contribution in [2.24, 2.45) is 17.8 Å². The second kappa shape index (κ2) is 16.8. The summed E-state index contributed by atoms with van der Waals surface area (Å²) in [7, 11) is 0. The Morgan fingerprint density at radius 1 is 0.806 bits per heavy atom. The van der Waals surface area contributed by atoms with Crippen molar-refractivity contribution < 1.29 is 4.74 Å². The van der Waals surface area contributed by atoms with Crippen LogP contribution in [0.25, 0.3) is 11.3 Å². The first kappa shape index (κ1) is 28.7. The van der Waals surface area contributed by atoms with Crippen LogP contribution in [0.1, 0.15) is 123 Å². The van der Waals surface area contributed by atoms with Crippen molar-refractivity contribution >= 4 is 0 Å². The van der Waals surface area contributed by atoms with Crippen molar-refractivity contribution in [1.82, 2.24) is 4.98 Å². The number of pyridine rings is 1. The van der Waals surface area contributed by atoms with Crippen molar-refractivity contribution in [3.63, 3.8) is 0 Å². The van der Waals surface area contributed by atoms with Gasteiger partial charge in [0.2, 0.25) is 0 Å². The number of benzene rings is 1. The summed E-state index contributed by atoms with van der Waals surface area (Å²) in [6.45, 7) is 7.80. The van der Waals surface area contributed by atoms with E-state index in [-0.39, 0.29) is 0 Å². The summed E-state index contributed by atoms with van der Waals surface area (Å²) in [6, 6.07) is 12.9. The molecule has 3 rings (SSSR count). The zero-order chi connectivity index (χ0) is 25.4. The van der Waals surface area contributed by atoms with Gasteiger partial charge in [-0.15, -0.1) is 0 Å². The molecule has 2 heteroatoms. The first-order valence-electron chi connectivity index (χ1n) is 15.4. The molecule has 1 aliphatic carbocycles. The van der Waals surface area contributed by atoms with Crippen molar-refractivity contribution in [3.8, 4) is 17.0 Å². The van der Waals surface area contributed by atoms with E-state index in [9.17, 15) is 0 Å². The molecule has 1 fully saturated rings. The summed E-state index contributed by atoms with van der Waals surface area (Å²) in [5.41, 5.74) is 3.57. The number of unbranched alkanes of at least 4 members (excludes halogenated alkanes) is 4. The molecular formula is C34H53NO. The van der Waals surface area contributed by atoms with Crippen LogP contribution in [-0.4, -0.2) is 11.6 Å². The molecule has 0 amide bonds. The topological polar surface area (TPSA) is 22.1 Å². The average molecular weight is 492 g/mol. The number of rotatable bonds is 17. The molecule has 200 valence electrons. The number of aryl methyl sites for hydroxylation is 1.